The fraction of sp³-hybridized carbons (Fsp3) is 0.250. The van der Waals surface area contributed by atoms with Crippen LogP contribution in [0.4, 0.5) is 11.6 Å². The molecule has 0 saturated heterocycles. The number of nitrogens with one attached hydrogen (secondary N) is 2. The average Bonchev–Trinajstić information content (AvgIpc) is 2.89. The van der Waals surface area contributed by atoms with Crippen LogP contribution in [0.15, 0.2) is 30.9 Å². The normalized spacial score (nSPS) is 10.2. The lowest BCUT2D eigenvalue weighted by molar-refractivity contribution is -0.134. The Kier molecular flexibility index (Phi) is 3.97. The van der Waals surface area contributed by atoms with Crippen LogP contribution < -0.4 is 10.2 Å². The Labute approximate surface area is 110 Å². The zero-order valence-corrected chi connectivity index (χ0v) is 10.5. The van der Waals surface area contributed by atoms with Crippen LogP contribution in [0.3, 0.4) is 0 Å². The van der Waals surface area contributed by atoms with Gasteiger partial charge in [0.25, 0.3) is 0 Å². The van der Waals surface area contributed by atoms with E-state index < -0.39 is 5.97 Å². The molecule has 0 amide bonds. The van der Waals surface area contributed by atoms with Gasteiger partial charge in [-0.2, -0.15) is 0 Å². The van der Waals surface area contributed by atoms with Gasteiger partial charge >= 0.3 is 5.97 Å². The molecule has 2 aromatic rings. The fourth-order valence-corrected chi connectivity index (χ4v) is 1.63. The van der Waals surface area contributed by atoms with E-state index in [1.54, 1.807) is 6.07 Å². The molecule has 3 N–H and O–H groups in total. The van der Waals surface area contributed by atoms with E-state index in [-0.39, 0.29) is 6.54 Å². The van der Waals surface area contributed by atoms with Crippen molar-refractivity contribution in [3.63, 3.8) is 0 Å². The zero-order valence-electron chi connectivity index (χ0n) is 10.5. The van der Waals surface area contributed by atoms with Gasteiger partial charge in [0.15, 0.2) is 0 Å². The minimum atomic E-state index is -0.930. The Hall–Kier alpha value is -2.57. The first kappa shape index (κ1) is 12.9. The summed E-state index contributed by atoms with van der Waals surface area (Å²) < 4.78 is 0. The van der Waals surface area contributed by atoms with Crippen LogP contribution in [0.5, 0.6) is 0 Å². The van der Waals surface area contributed by atoms with Crippen molar-refractivity contribution >= 4 is 17.6 Å². The highest BCUT2D eigenvalue weighted by Gasteiger charge is 2.06. The number of rotatable bonds is 6. The second kappa shape index (κ2) is 5.85. The van der Waals surface area contributed by atoms with Gasteiger partial charge < -0.3 is 20.3 Å². The number of hydrogen-bond donors (Lipinski definition) is 3. The molecular formula is C12H15N5O2. The van der Waals surface area contributed by atoms with Crippen molar-refractivity contribution in [1.82, 2.24) is 15.0 Å². The number of aromatic nitrogens is 3. The van der Waals surface area contributed by atoms with Gasteiger partial charge in [0, 0.05) is 32.1 Å². The van der Waals surface area contributed by atoms with Crippen molar-refractivity contribution in [2.75, 3.05) is 23.8 Å². The quantitative estimate of drug-likeness (QED) is 0.716. The van der Waals surface area contributed by atoms with Gasteiger partial charge in [-0.15, -0.1) is 0 Å². The number of hydrogen-bond acceptors (Lipinski definition) is 5. The maximum absolute atomic E-state index is 10.5. The van der Waals surface area contributed by atoms with Crippen molar-refractivity contribution in [2.45, 2.75) is 6.54 Å². The summed E-state index contributed by atoms with van der Waals surface area (Å²) in [7, 11) is 1.91. The number of aromatic amines is 1. The van der Waals surface area contributed by atoms with Crippen LogP contribution in [0.1, 0.15) is 5.56 Å². The number of aliphatic carboxylic acids is 1. The van der Waals surface area contributed by atoms with E-state index in [0.717, 1.165) is 11.4 Å². The first-order valence-corrected chi connectivity index (χ1v) is 5.75. The van der Waals surface area contributed by atoms with E-state index in [2.05, 4.69) is 20.3 Å². The monoisotopic (exact) mass is 261 g/mol. The highest BCUT2D eigenvalue weighted by Crippen LogP contribution is 2.14. The number of H-pyrrole nitrogens is 1. The van der Waals surface area contributed by atoms with Crippen molar-refractivity contribution in [3.05, 3.63) is 36.4 Å². The molecule has 0 aromatic carbocycles. The summed E-state index contributed by atoms with van der Waals surface area (Å²) in [6.45, 7) is 0.539. The summed E-state index contributed by atoms with van der Waals surface area (Å²) in [5, 5.41) is 11.3. The summed E-state index contributed by atoms with van der Waals surface area (Å²) >= 11 is 0. The third kappa shape index (κ3) is 3.70. The Morgan fingerprint density at radius 3 is 3.05 bits per heavy atom. The summed E-state index contributed by atoms with van der Waals surface area (Å²) in [6.07, 6.45) is 5.19. The van der Waals surface area contributed by atoms with Gasteiger partial charge in [0.1, 0.15) is 24.5 Å². The molecule has 0 unspecified atom stereocenters. The number of carbonyl (C=O) groups is 1. The molecule has 2 aromatic heterocycles. The van der Waals surface area contributed by atoms with Crippen molar-refractivity contribution in [3.8, 4) is 0 Å². The van der Waals surface area contributed by atoms with E-state index in [9.17, 15) is 4.79 Å². The van der Waals surface area contributed by atoms with Crippen molar-refractivity contribution in [2.24, 2.45) is 0 Å². The largest absolute Gasteiger partial charge is 0.480 e. The molecule has 0 radical (unpaired) electrons. The van der Waals surface area contributed by atoms with Crippen LogP contribution >= 0.6 is 0 Å². The van der Waals surface area contributed by atoms with Crippen LogP contribution in [-0.2, 0) is 11.3 Å². The number of carboxylic acids is 1. The third-order valence-corrected chi connectivity index (χ3v) is 2.55. The molecule has 0 bridgehead atoms. The Morgan fingerprint density at radius 2 is 2.37 bits per heavy atom. The van der Waals surface area contributed by atoms with Crippen LogP contribution in [0, 0.1) is 0 Å². The lowest BCUT2D eigenvalue weighted by Crippen LogP contribution is -2.18. The first-order valence-electron chi connectivity index (χ1n) is 5.75. The van der Waals surface area contributed by atoms with E-state index in [4.69, 9.17) is 5.11 Å². The molecule has 0 aliphatic carbocycles. The molecule has 2 heterocycles. The second-order valence-electron chi connectivity index (χ2n) is 4.08. The molecule has 0 aliphatic heterocycles. The number of carboxylic acid groups (broad SMARTS) is 1. The van der Waals surface area contributed by atoms with E-state index >= 15 is 0 Å². The fourth-order valence-electron chi connectivity index (χ4n) is 1.63. The zero-order chi connectivity index (χ0) is 13.7. The van der Waals surface area contributed by atoms with Gasteiger partial charge in [0.2, 0.25) is 0 Å². The average molecular weight is 261 g/mol. The van der Waals surface area contributed by atoms with E-state index in [1.165, 1.54) is 6.33 Å². The second-order valence-corrected chi connectivity index (χ2v) is 4.08. The number of nitrogens with zero attached hydrogens (tertiary/aromatic N) is 3. The van der Waals surface area contributed by atoms with Crippen LogP contribution in [0.25, 0.3) is 0 Å². The smallest absolute Gasteiger partial charge is 0.322 e. The van der Waals surface area contributed by atoms with Gasteiger partial charge in [-0.25, -0.2) is 9.97 Å². The minimum absolute atomic E-state index is 0.169. The Morgan fingerprint density at radius 1 is 1.53 bits per heavy atom. The van der Waals surface area contributed by atoms with Gasteiger partial charge in [-0.05, 0) is 11.6 Å². The molecule has 2 rings (SSSR count). The molecule has 19 heavy (non-hydrogen) atoms. The topological polar surface area (TPSA) is 94.1 Å². The molecule has 0 aliphatic rings. The highest BCUT2D eigenvalue weighted by molar-refractivity contribution is 5.72. The van der Waals surface area contributed by atoms with Crippen molar-refractivity contribution < 1.29 is 9.90 Å². The number of anilines is 2. The molecule has 7 nitrogen and oxygen atoms in total. The summed E-state index contributed by atoms with van der Waals surface area (Å²) in [4.78, 5) is 23.6. The van der Waals surface area contributed by atoms with Gasteiger partial charge in [-0.1, -0.05) is 0 Å². The standard InChI is InChI=1S/C12H15N5O2/c1-17(7-9-2-3-13-5-9)11-4-10(15-8-16-11)14-6-12(18)19/h2-5,8,13H,6-7H2,1H3,(H,18,19)(H,14,15,16). The third-order valence-electron chi connectivity index (χ3n) is 2.55. The minimum Gasteiger partial charge on any atom is -0.480 e. The maximum Gasteiger partial charge on any atom is 0.322 e. The van der Waals surface area contributed by atoms with Crippen molar-refractivity contribution in [1.29, 1.82) is 0 Å². The van der Waals surface area contributed by atoms with Crippen LogP contribution in [0.2, 0.25) is 0 Å². The summed E-state index contributed by atoms with van der Waals surface area (Å²) in [6, 6.07) is 3.71. The van der Waals surface area contributed by atoms with E-state index in [1.807, 2.05) is 30.4 Å². The Bertz CT molecular complexity index is 541. The summed E-state index contributed by atoms with van der Waals surface area (Å²) in [5.74, 6) is 0.290. The van der Waals surface area contributed by atoms with Gasteiger partial charge in [-0.3, -0.25) is 4.79 Å². The lowest BCUT2D eigenvalue weighted by atomic mass is 10.3. The first-order chi connectivity index (χ1) is 9.15. The van der Waals surface area contributed by atoms with E-state index in [0.29, 0.717) is 12.4 Å². The Balaban J connectivity index is 2.03. The molecule has 0 saturated carbocycles. The molecule has 7 heteroatoms. The lowest BCUT2D eigenvalue weighted by Gasteiger charge is -2.17. The maximum atomic E-state index is 10.5. The SMILES string of the molecule is CN(Cc1cc[nH]c1)c1cc(NCC(=O)O)ncn1. The molecule has 0 fully saturated rings. The van der Waals surface area contributed by atoms with Gasteiger partial charge in [0.05, 0.1) is 0 Å². The highest BCUT2D eigenvalue weighted by atomic mass is 16.4. The molecule has 0 atom stereocenters. The summed E-state index contributed by atoms with van der Waals surface area (Å²) in [5.41, 5.74) is 1.14. The molecular weight excluding hydrogens is 246 g/mol. The molecule has 100 valence electrons. The molecule has 0 spiro atoms. The predicted octanol–water partition coefficient (Wildman–Crippen LogP) is 0.938. The van der Waals surface area contributed by atoms with Crippen LogP contribution in [-0.4, -0.2) is 39.6 Å². The predicted molar refractivity (Wildman–Crippen MR) is 71.1 cm³/mol.